The molecule has 2 N–H and O–H groups in total. The van der Waals surface area contributed by atoms with Gasteiger partial charge in [-0.25, -0.2) is 17.9 Å². The summed E-state index contributed by atoms with van der Waals surface area (Å²) in [7, 11) is -3.90. The topological polar surface area (TPSA) is 60.2 Å². The molecule has 0 radical (unpaired) electrons. The summed E-state index contributed by atoms with van der Waals surface area (Å²) in [5, 5.41) is 4.91. The monoisotopic (exact) mass is 237 g/mol. The zero-order valence-electron chi connectivity index (χ0n) is 7.42. The molecule has 0 saturated carbocycles. The van der Waals surface area contributed by atoms with Crippen LogP contribution in [0, 0.1) is 5.82 Å². The van der Waals surface area contributed by atoms with Crippen LogP contribution in [0.15, 0.2) is 17.0 Å². The van der Waals surface area contributed by atoms with Gasteiger partial charge in [-0.05, 0) is 18.6 Å². The fourth-order valence-corrected chi connectivity index (χ4v) is 2.04. The lowest BCUT2D eigenvalue weighted by Crippen LogP contribution is -2.12. The summed E-state index contributed by atoms with van der Waals surface area (Å²) in [6, 6.07) is 2.03. The first kappa shape index (κ1) is 11.4. The maximum absolute atomic E-state index is 13.2. The molecule has 0 saturated heterocycles. The second-order valence-electron chi connectivity index (χ2n) is 2.76. The van der Waals surface area contributed by atoms with E-state index in [4.69, 9.17) is 16.7 Å². The summed E-state index contributed by atoms with van der Waals surface area (Å²) in [6.07, 6.45) is 0.398. The molecular formula is C8H9ClFNO2S. The molecule has 1 rings (SSSR count). The molecule has 0 aliphatic carbocycles. The largest absolute Gasteiger partial charge is 0.238 e. The Hall–Kier alpha value is -0.650. The standard InChI is InChI=1S/C8H9ClFNO2S/c1-2-6-7(9)3-5(4-8(6)10)14(11,12)13/h3-4H,2H2,1H3,(H2,11,12,13). The van der Waals surface area contributed by atoms with E-state index in [-0.39, 0.29) is 9.92 Å². The first-order valence-electron chi connectivity index (χ1n) is 3.87. The van der Waals surface area contributed by atoms with Crippen molar-refractivity contribution in [1.82, 2.24) is 0 Å². The van der Waals surface area contributed by atoms with Crippen LogP contribution in [0.1, 0.15) is 12.5 Å². The van der Waals surface area contributed by atoms with Gasteiger partial charge in [0.1, 0.15) is 5.82 Å². The second-order valence-corrected chi connectivity index (χ2v) is 4.73. The molecule has 0 amide bonds. The first-order valence-corrected chi connectivity index (χ1v) is 5.79. The Morgan fingerprint density at radius 2 is 2.07 bits per heavy atom. The van der Waals surface area contributed by atoms with Gasteiger partial charge in [0.25, 0.3) is 0 Å². The van der Waals surface area contributed by atoms with Crippen LogP contribution >= 0.6 is 11.6 Å². The molecule has 0 fully saturated rings. The van der Waals surface area contributed by atoms with Gasteiger partial charge in [-0.2, -0.15) is 0 Å². The van der Waals surface area contributed by atoms with Crippen molar-refractivity contribution < 1.29 is 12.8 Å². The Balaban J connectivity index is 3.43. The third-order valence-electron chi connectivity index (χ3n) is 1.80. The highest BCUT2D eigenvalue weighted by Crippen LogP contribution is 2.23. The lowest BCUT2D eigenvalue weighted by Gasteiger charge is -2.05. The summed E-state index contributed by atoms with van der Waals surface area (Å²) in [4.78, 5) is -0.308. The van der Waals surface area contributed by atoms with Crippen molar-refractivity contribution in [3.63, 3.8) is 0 Å². The number of rotatable bonds is 2. The number of hydrogen-bond acceptors (Lipinski definition) is 2. The van der Waals surface area contributed by atoms with Crippen LogP contribution < -0.4 is 5.14 Å². The fraction of sp³-hybridized carbons (Fsp3) is 0.250. The number of primary sulfonamides is 1. The minimum atomic E-state index is -3.90. The Labute approximate surface area is 86.7 Å². The van der Waals surface area contributed by atoms with Crippen molar-refractivity contribution in [2.75, 3.05) is 0 Å². The molecule has 0 heterocycles. The van der Waals surface area contributed by atoms with E-state index < -0.39 is 15.8 Å². The Morgan fingerprint density at radius 3 is 2.43 bits per heavy atom. The van der Waals surface area contributed by atoms with E-state index in [1.54, 1.807) is 6.92 Å². The summed E-state index contributed by atoms with van der Waals surface area (Å²) in [5.41, 5.74) is 0.291. The smallest absolute Gasteiger partial charge is 0.225 e. The molecule has 78 valence electrons. The Bertz CT molecular complexity index is 435. The van der Waals surface area contributed by atoms with Crippen molar-refractivity contribution in [3.05, 3.63) is 28.5 Å². The lowest BCUT2D eigenvalue weighted by molar-refractivity contribution is 0.588. The number of benzene rings is 1. The van der Waals surface area contributed by atoms with Gasteiger partial charge >= 0.3 is 0 Å². The summed E-state index contributed by atoms with van der Waals surface area (Å²) < 4.78 is 35.0. The Morgan fingerprint density at radius 1 is 1.50 bits per heavy atom. The normalized spacial score (nSPS) is 11.7. The van der Waals surface area contributed by atoms with Crippen LogP contribution in [0.5, 0.6) is 0 Å². The van der Waals surface area contributed by atoms with Crippen LogP contribution in [-0.4, -0.2) is 8.42 Å². The summed E-state index contributed by atoms with van der Waals surface area (Å²) >= 11 is 5.68. The maximum Gasteiger partial charge on any atom is 0.238 e. The third-order valence-corrected chi connectivity index (χ3v) is 3.03. The van der Waals surface area contributed by atoms with Crippen LogP contribution in [0.4, 0.5) is 4.39 Å². The average Bonchev–Trinajstić information content (AvgIpc) is 2.01. The molecule has 0 atom stereocenters. The number of halogens is 2. The van der Waals surface area contributed by atoms with Gasteiger partial charge in [-0.3, -0.25) is 0 Å². The number of nitrogens with two attached hydrogens (primary N) is 1. The third kappa shape index (κ3) is 2.23. The molecular weight excluding hydrogens is 229 g/mol. The highest BCUT2D eigenvalue weighted by molar-refractivity contribution is 7.89. The Kier molecular flexibility index (Phi) is 3.14. The number of sulfonamides is 1. The van der Waals surface area contributed by atoms with Crippen molar-refractivity contribution in [1.29, 1.82) is 0 Å². The van der Waals surface area contributed by atoms with Gasteiger partial charge in [0, 0.05) is 10.6 Å². The van der Waals surface area contributed by atoms with Crippen LogP contribution in [0.3, 0.4) is 0 Å². The van der Waals surface area contributed by atoms with Crippen LogP contribution in [-0.2, 0) is 16.4 Å². The summed E-state index contributed by atoms with van der Waals surface area (Å²) in [5.74, 6) is -0.649. The van der Waals surface area contributed by atoms with Gasteiger partial charge in [0.2, 0.25) is 10.0 Å². The van der Waals surface area contributed by atoms with E-state index in [1.807, 2.05) is 0 Å². The van der Waals surface area contributed by atoms with Crippen molar-refractivity contribution >= 4 is 21.6 Å². The van der Waals surface area contributed by atoms with E-state index in [9.17, 15) is 12.8 Å². The molecule has 0 aliphatic heterocycles. The first-order chi connectivity index (χ1) is 6.36. The van der Waals surface area contributed by atoms with Crippen LogP contribution in [0.2, 0.25) is 5.02 Å². The summed E-state index contributed by atoms with van der Waals surface area (Å²) in [6.45, 7) is 1.72. The maximum atomic E-state index is 13.2. The van der Waals surface area contributed by atoms with Gasteiger partial charge in [0.05, 0.1) is 4.90 Å². The highest BCUT2D eigenvalue weighted by Gasteiger charge is 2.14. The second kappa shape index (κ2) is 3.84. The molecule has 0 aromatic heterocycles. The molecule has 0 spiro atoms. The molecule has 0 bridgehead atoms. The van der Waals surface area contributed by atoms with Crippen LogP contribution in [0.25, 0.3) is 0 Å². The molecule has 1 aromatic carbocycles. The van der Waals surface area contributed by atoms with E-state index in [0.717, 1.165) is 12.1 Å². The predicted molar refractivity (Wildman–Crippen MR) is 52.2 cm³/mol. The zero-order chi connectivity index (χ0) is 10.9. The lowest BCUT2D eigenvalue weighted by atomic mass is 10.1. The molecule has 6 heteroatoms. The molecule has 3 nitrogen and oxygen atoms in total. The van der Waals surface area contributed by atoms with E-state index in [2.05, 4.69) is 0 Å². The van der Waals surface area contributed by atoms with Gasteiger partial charge in [0.15, 0.2) is 0 Å². The minimum absolute atomic E-state index is 0.0801. The predicted octanol–water partition coefficient (Wildman–Crippen LogP) is 1.69. The van der Waals surface area contributed by atoms with Crippen molar-refractivity contribution in [3.8, 4) is 0 Å². The van der Waals surface area contributed by atoms with Crippen molar-refractivity contribution in [2.24, 2.45) is 5.14 Å². The average molecular weight is 238 g/mol. The van der Waals surface area contributed by atoms with E-state index in [1.165, 1.54) is 0 Å². The van der Waals surface area contributed by atoms with Gasteiger partial charge in [-0.15, -0.1) is 0 Å². The van der Waals surface area contributed by atoms with E-state index >= 15 is 0 Å². The minimum Gasteiger partial charge on any atom is -0.225 e. The highest BCUT2D eigenvalue weighted by atomic mass is 35.5. The molecule has 1 aromatic rings. The van der Waals surface area contributed by atoms with E-state index in [0.29, 0.717) is 12.0 Å². The molecule has 0 aliphatic rings. The SMILES string of the molecule is CCc1c(F)cc(S(N)(=O)=O)cc1Cl. The zero-order valence-corrected chi connectivity index (χ0v) is 8.99. The van der Waals surface area contributed by atoms with Crippen molar-refractivity contribution in [2.45, 2.75) is 18.2 Å². The number of hydrogen-bond donors (Lipinski definition) is 1. The molecule has 0 unspecified atom stereocenters. The fourth-order valence-electron chi connectivity index (χ4n) is 1.08. The van der Waals surface area contributed by atoms with Gasteiger partial charge < -0.3 is 0 Å². The quantitative estimate of drug-likeness (QED) is 0.851. The van der Waals surface area contributed by atoms with Gasteiger partial charge in [-0.1, -0.05) is 18.5 Å². The molecule has 14 heavy (non-hydrogen) atoms.